The van der Waals surface area contributed by atoms with Gasteiger partial charge in [-0.15, -0.1) is 0 Å². The van der Waals surface area contributed by atoms with Gasteiger partial charge in [0.15, 0.2) is 0 Å². The number of carbonyl (C=O) groups excluding carboxylic acids is 1. The Labute approximate surface area is 181 Å². The summed E-state index contributed by atoms with van der Waals surface area (Å²) in [6, 6.07) is 10.1. The second-order valence-corrected chi connectivity index (χ2v) is 9.47. The number of nitrogens with zero attached hydrogens (tertiary/aromatic N) is 1. The molecule has 1 heterocycles. The average molecular weight is 453 g/mol. The number of benzene rings is 2. The molecular formula is C22H26F2N2O4S. The molecule has 168 valence electrons. The van der Waals surface area contributed by atoms with E-state index in [9.17, 15) is 22.0 Å². The predicted molar refractivity (Wildman–Crippen MR) is 112 cm³/mol. The van der Waals surface area contributed by atoms with Crippen molar-refractivity contribution in [1.29, 1.82) is 0 Å². The highest BCUT2D eigenvalue weighted by molar-refractivity contribution is 7.89. The van der Waals surface area contributed by atoms with Crippen molar-refractivity contribution in [3.05, 3.63) is 59.7 Å². The van der Waals surface area contributed by atoms with Crippen LogP contribution in [0.25, 0.3) is 0 Å². The molecular weight excluding hydrogens is 426 g/mol. The summed E-state index contributed by atoms with van der Waals surface area (Å²) in [6.45, 7) is 3.06. The first-order valence-electron chi connectivity index (χ1n) is 10.2. The molecule has 0 atom stereocenters. The van der Waals surface area contributed by atoms with Gasteiger partial charge in [-0.1, -0.05) is 12.1 Å². The number of carbonyl (C=O) groups is 1. The van der Waals surface area contributed by atoms with Crippen LogP contribution in [0, 0.1) is 24.5 Å². The number of hydrogen-bond acceptors (Lipinski definition) is 4. The Morgan fingerprint density at radius 3 is 2.61 bits per heavy atom. The van der Waals surface area contributed by atoms with Crippen molar-refractivity contribution in [2.24, 2.45) is 5.92 Å². The van der Waals surface area contributed by atoms with Gasteiger partial charge in [-0.05, 0) is 62.1 Å². The zero-order valence-electron chi connectivity index (χ0n) is 17.3. The van der Waals surface area contributed by atoms with Crippen molar-refractivity contribution in [3.63, 3.8) is 0 Å². The zero-order valence-corrected chi connectivity index (χ0v) is 18.1. The molecule has 3 rings (SSSR count). The van der Waals surface area contributed by atoms with Crippen LogP contribution >= 0.6 is 0 Å². The predicted octanol–water partition coefficient (Wildman–Crippen LogP) is 3.26. The number of amides is 1. The van der Waals surface area contributed by atoms with Crippen LogP contribution in [-0.4, -0.2) is 44.9 Å². The molecule has 0 spiro atoms. The molecule has 1 N–H and O–H groups in total. The molecule has 0 unspecified atom stereocenters. The number of rotatable bonds is 8. The highest BCUT2D eigenvalue weighted by Gasteiger charge is 2.33. The van der Waals surface area contributed by atoms with Crippen LogP contribution in [0.3, 0.4) is 0 Å². The van der Waals surface area contributed by atoms with E-state index in [2.05, 4.69) is 5.32 Å². The third-order valence-corrected chi connectivity index (χ3v) is 7.13. The Morgan fingerprint density at radius 2 is 1.90 bits per heavy atom. The molecule has 0 aromatic heterocycles. The van der Waals surface area contributed by atoms with E-state index in [1.165, 1.54) is 0 Å². The molecule has 0 saturated carbocycles. The normalized spacial score (nSPS) is 15.6. The summed E-state index contributed by atoms with van der Waals surface area (Å²) in [6.07, 6.45) is 1.29. The topological polar surface area (TPSA) is 75.7 Å². The van der Waals surface area contributed by atoms with Crippen LogP contribution in [0.5, 0.6) is 5.75 Å². The Balaban J connectivity index is 1.42. The number of halogens is 2. The maximum absolute atomic E-state index is 13.9. The molecule has 6 nitrogen and oxygen atoms in total. The molecule has 1 aliphatic heterocycles. The lowest BCUT2D eigenvalue weighted by Gasteiger charge is -2.30. The third-order valence-electron chi connectivity index (χ3n) is 5.21. The van der Waals surface area contributed by atoms with Crippen LogP contribution in [0.1, 0.15) is 24.8 Å². The second-order valence-electron chi connectivity index (χ2n) is 7.56. The fraction of sp³-hybridized carbons (Fsp3) is 0.409. The first-order chi connectivity index (χ1) is 14.8. The third kappa shape index (κ3) is 6.01. The van der Waals surface area contributed by atoms with E-state index in [1.54, 1.807) is 0 Å². The van der Waals surface area contributed by atoms with Crippen molar-refractivity contribution in [2.45, 2.75) is 31.1 Å². The summed E-state index contributed by atoms with van der Waals surface area (Å²) in [4.78, 5) is 11.7. The maximum Gasteiger partial charge on any atom is 0.246 e. The van der Waals surface area contributed by atoms with Gasteiger partial charge in [0, 0.05) is 25.6 Å². The molecule has 1 amide bonds. The van der Waals surface area contributed by atoms with Crippen molar-refractivity contribution in [2.75, 3.05) is 26.2 Å². The molecule has 0 aliphatic carbocycles. The number of nitrogens with one attached hydrogen (secondary N) is 1. The largest absolute Gasteiger partial charge is 0.494 e. The van der Waals surface area contributed by atoms with E-state index in [4.69, 9.17) is 4.74 Å². The molecule has 1 saturated heterocycles. The summed E-state index contributed by atoms with van der Waals surface area (Å²) in [5.41, 5.74) is 1.11. The van der Waals surface area contributed by atoms with Gasteiger partial charge in [0.05, 0.1) is 6.61 Å². The highest BCUT2D eigenvalue weighted by Crippen LogP contribution is 2.26. The molecule has 9 heteroatoms. The first-order valence-corrected chi connectivity index (χ1v) is 11.6. The van der Waals surface area contributed by atoms with Gasteiger partial charge in [-0.2, -0.15) is 4.31 Å². The lowest BCUT2D eigenvalue weighted by molar-refractivity contribution is -0.126. The zero-order chi connectivity index (χ0) is 22.4. The van der Waals surface area contributed by atoms with Crippen molar-refractivity contribution in [3.8, 4) is 5.75 Å². The molecule has 0 radical (unpaired) electrons. The molecule has 31 heavy (non-hydrogen) atoms. The van der Waals surface area contributed by atoms with E-state index in [-0.39, 0.29) is 24.9 Å². The van der Waals surface area contributed by atoms with Gasteiger partial charge >= 0.3 is 0 Å². The number of sulfonamides is 1. The Bertz CT molecular complexity index is 1020. The lowest BCUT2D eigenvalue weighted by atomic mass is 9.97. The van der Waals surface area contributed by atoms with Crippen LogP contribution in [0.2, 0.25) is 0 Å². The number of hydrogen-bond donors (Lipinski definition) is 1. The molecule has 1 fully saturated rings. The molecule has 2 aromatic rings. The minimum atomic E-state index is -4.15. The lowest BCUT2D eigenvalue weighted by Crippen LogP contribution is -2.43. The SMILES string of the molecule is Cc1cccc(OCCCNC(=O)C2CCN(S(=O)(=O)c3cc(F)ccc3F)CC2)c1. The Kier molecular flexibility index (Phi) is 7.61. The number of aryl methyl sites for hydroxylation is 1. The van der Waals surface area contributed by atoms with Crippen LogP contribution in [-0.2, 0) is 14.8 Å². The van der Waals surface area contributed by atoms with Crippen molar-refractivity contribution in [1.82, 2.24) is 9.62 Å². The summed E-state index contributed by atoms with van der Waals surface area (Å²) >= 11 is 0. The van der Waals surface area contributed by atoms with E-state index < -0.39 is 26.6 Å². The van der Waals surface area contributed by atoms with Crippen LogP contribution < -0.4 is 10.1 Å². The average Bonchev–Trinajstić information content (AvgIpc) is 2.75. The number of ether oxygens (including phenoxy) is 1. The van der Waals surface area contributed by atoms with Crippen molar-refractivity contribution >= 4 is 15.9 Å². The summed E-state index contributed by atoms with van der Waals surface area (Å²) in [5, 5.41) is 2.86. The van der Waals surface area contributed by atoms with E-state index >= 15 is 0 Å². The van der Waals surface area contributed by atoms with E-state index in [1.807, 2.05) is 31.2 Å². The molecule has 0 bridgehead atoms. The second kappa shape index (κ2) is 10.2. The van der Waals surface area contributed by atoms with Crippen LogP contribution in [0.4, 0.5) is 8.78 Å². The number of piperidine rings is 1. The van der Waals surface area contributed by atoms with Gasteiger partial charge in [0.2, 0.25) is 15.9 Å². The monoisotopic (exact) mass is 452 g/mol. The van der Waals surface area contributed by atoms with E-state index in [0.29, 0.717) is 38.5 Å². The summed E-state index contributed by atoms with van der Waals surface area (Å²) in [7, 11) is -4.15. The van der Waals surface area contributed by atoms with Gasteiger partial charge in [0.1, 0.15) is 22.3 Å². The highest BCUT2D eigenvalue weighted by atomic mass is 32.2. The standard InChI is InChI=1S/C22H26F2N2O4S/c1-16-4-2-5-19(14-16)30-13-3-10-25-22(27)17-8-11-26(12-9-17)31(28,29)21-15-18(23)6-7-20(21)24/h2,4-7,14-15,17H,3,8-13H2,1H3,(H,25,27). The first kappa shape index (κ1) is 23.1. The summed E-state index contributed by atoms with van der Waals surface area (Å²) in [5.74, 6) is -1.48. The van der Waals surface area contributed by atoms with Gasteiger partial charge < -0.3 is 10.1 Å². The maximum atomic E-state index is 13.9. The Hall–Kier alpha value is -2.52. The molecule has 1 aliphatic rings. The fourth-order valence-electron chi connectivity index (χ4n) is 3.50. The van der Waals surface area contributed by atoms with Gasteiger partial charge in [-0.3, -0.25) is 4.79 Å². The quantitative estimate of drug-likeness (QED) is 0.624. The summed E-state index contributed by atoms with van der Waals surface area (Å²) < 4.78 is 59.3. The van der Waals surface area contributed by atoms with Gasteiger partial charge in [-0.25, -0.2) is 17.2 Å². The van der Waals surface area contributed by atoms with E-state index in [0.717, 1.165) is 27.8 Å². The van der Waals surface area contributed by atoms with Crippen LogP contribution in [0.15, 0.2) is 47.4 Å². The van der Waals surface area contributed by atoms with Gasteiger partial charge in [0.25, 0.3) is 0 Å². The molecule has 2 aromatic carbocycles. The minimum absolute atomic E-state index is 0.0762. The minimum Gasteiger partial charge on any atom is -0.494 e. The smallest absolute Gasteiger partial charge is 0.246 e. The fourth-order valence-corrected chi connectivity index (χ4v) is 5.04. The Morgan fingerprint density at radius 1 is 1.16 bits per heavy atom. The van der Waals surface area contributed by atoms with Crippen molar-refractivity contribution < 1.29 is 26.7 Å².